The summed E-state index contributed by atoms with van der Waals surface area (Å²) >= 11 is 0. The maximum absolute atomic E-state index is 11.4. The first-order valence-corrected chi connectivity index (χ1v) is 6.03. The van der Waals surface area contributed by atoms with Crippen LogP contribution >= 0.6 is 0 Å². The minimum atomic E-state index is -0.284. The van der Waals surface area contributed by atoms with Crippen LogP contribution < -0.4 is 19.5 Å². The van der Waals surface area contributed by atoms with E-state index >= 15 is 0 Å². The van der Waals surface area contributed by atoms with Crippen LogP contribution in [0, 0.1) is 0 Å². The molecule has 20 heavy (non-hydrogen) atoms. The fraction of sp³-hybridized carbons (Fsp3) is 0.357. The van der Waals surface area contributed by atoms with Gasteiger partial charge in [0.1, 0.15) is 0 Å². The molecule has 1 aromatic rings. The van der Waals surface area contributed by atoms with Crippen LogP contribution in [-0.4, -0.2) is 45.5 Å². The maximum atomic E-state index is 11.4. The fourth-order valence-corrected chi connectivity index (χ4v) is 1.61. The first kappa shape index (κ1) is 15.8. The molecule has 6 nitrogen and oxygen atoms in total. The molecular weight excluding hydrogens is 262 g/mol. The predicted octanol–water partition coefficient (Wildman–Crippen LogP) is 0.834. The molecule has 1 amide bonds. The van der Waals surface area contributed by atoms with E-state index in [0.29, 0.717) is 17.2 Å². The molecule has 0 aliphatic carbocycles. The van der Waals surface area contributed by atoms with Crippen molar-refractivity contribution in [3.8, 4) is 17.2 Å². The molecule has 110 valence electrons. The molecule has 2 N–H and O–H groups in total. The molecule has 1 aromatic carbocycles. The van der Waals surface area contributed by atoms with E-state index in [1.54, 1.807) is 18.2 Å². The minimum absolute atomic E-state index is 0.0935. The van der Waals surface area contributed by atoms with Gasteiger partial charge >= 0.3 is 0 Å². The van der Waals surface area contributed by atoms with Crippen molar-refractivity contribution in [3.05, 3.63) is 23.8 Å². The van der Waals surface area contributed by atoms with Crippen molar-refractivity contribution in [2.75, 3.05) is 34.5 Å². The number of aliphatic hydroxyl groups excluding tert-OH is 1. The lowest BCUT2D eigenvalue weighted by atomic mass is 10.1. The third kappa shape index (κ3) is 4.17. The molecule has 6 heteroatoms. The minimum Gasteiger partial charge on any atom is -0.493 e. The zero-order valence-electron chi connectivity index (χ0n) is 11.8. The van der Waals surface area contributed by atoms with Crippen LogP contribution in [0.1, 0.15) is 5.56 Å². The monoisotopic (exact) mass is 281 g/mol. The van der Waals surface area contributed by atoms with Crippen molar-refractivity contribution in [1.29, 1.82) is 0 Å². The highest BCUT2D eigenvalue weighted by Crippen LogP contribution is 2.38. The quantitative estimate of drug-likeness (QED) is 0.724. The summed E-state index contributed by atoms with van der Waals surface area (Å²) in [4.78, 5) is 11.4. The Kier molecular flexibility index (Phi) is 6.39. The van der Waals surface area contributed by atoms with E-state index in [1.807, 2.05) is 0 Å². The van der Waals surface area contributed by atoms with Gasteiger partial charge in [-0.25, -0.2) is 0 Å². The standard InChI is InChI=1S/C14H19NO5/c1-18-11-8-10(4-5-13(17)15-6-7-16)9-12(19-2)14(11)20-3/h4-5,8-9,16H,6-7H2,1-3H3,(H,15,17)/b5-4+. The number of methoxy groups -OCH3 is 3. The summed E-state index contributed by atoms with van der Waals surface area (Å²) in [7, 11) is 4.58. The largest absolute Gasteiger partial charge is 0.493 e. The summed E-state index contributed by atoms with van der Waals surface area (Å²) in [5.41, 5.74) is 0.735. The number of carbonyl (C=O) groups excluding carboxylic acids is 1. The summed E-state index contributed by atoms with van der Waals surface area (Å²) in [5.74, 6) is 1.24. The smallest absolute Gasteiger partial charge is 0.244 e. The number of nitrogens with one attached hydrogen (secondary N) is 1. The average Bonchev–Trinajstić information content (AvgIpc) is 2.49. The summed E-state index contributed by atoms with van der Waals surface area (Å²) in [6.45, 7) is 0.127. The number of aliphatic hydroxyl groups is 1. The molecule has 1 rings (SSSR count). The first-order valence-electron chi connectivity index (χ1n) is 6.03. The Labute approximate surface area is 118 Å². The Hall–Kier alpha value is -2.21. The van der Waals surface area contributed by atoms with Gasteiger partial charge in [0.05, 0.1) is 27.9 Å². The number of carbonyl (C=O) groups is 1. The van der Waals surface area contributed by atoms with E-state index in [2.05, 4.69) is 5.32 Å². The summed E-state index contributed by atoms with van der Waals surface area (Å²) in [6.07, 6.45) is 2.99. The Balaban J connectivity index is 2.96. The third-order valence-electron chi connectivity index (χ3n) is 2.53. The summed E-state index contributed by atoms with van der Waals surface area (Å²) in [6, 6.07) is 3.47. The van der Waals surface area contributed by atoms with Gasteiger partial charge in [-0.15, -0.1) is 0 Å². The van der Waals surface area contributed by atoms with Crippen molar-refractivity contribution in [2.24, 2.45) is 0 Å². The summed E-state index contributed by atoms with van der Waals surface area (Å²) in [5, 5.41) is 11.1. The van der Waals surface area contributed by atoms with E-state index in [1.165, 1.54) is 27.4 Å². The van der Waals surface area contributed by atoms with Crippen molar-refractivity contribution in [3.63, 3.8) is 0 Å². The van der Waals surface area contributed by atoms with Gasteiger partial charge in [0.25, 0.3) is 0 Å². The molecule has 0 fully saturated rings. The van der Waals surface area contributed by atoms with E-state index in [9.17, 15) is 4.79 Å². The van der Waals surface area contributed by atoms with Crippen molar-refractivity contribution < 1.29 is 24.1 Å². The molecule has 0 spiro atoms. The van der Waals surface area contributed by atoms with Crippen molar-refractivity contribution in [2.45, 2.75) is 0 Å². The SMILES string of the molecule is COc1cc(/C=C/C(=O)NCCO)cc(OC)c1OC. The molecule has 0 aromatic heterocycles. The topological polar surface area (TPSA) is 77.0 Å². The zero-order valence-corrected chi connectivity index (χ0v) is 11.8. The molecule has 0 aliphatic heterocycles. The second-order valence-corrected chi connectivity index (χ2v) is 3.81. The van der Waals surface area contributed by atoms with Gasteiger partial charge in [-0.2, -0.15) is 0 Å². The van der Waals surface area contributed by atoms with Gasteiger partial charge in [-0.1, -0.05) is 0 Å². The molecule has 0 saturated heterocycles. The highest BCUT2D eigenvalue weighted by atomic mass is 16.5. The van der Waals surface area contributed by atoms with Crippen LogP contribution in [0.4, 0.5) is 0 Å². The zero-order chi connectivity index (χ0) is 15.0. The lowest BCUT2D eigenvalue weighted by Crippen LogP contribution is -2.24. The molecule has 0 aliphatic rings. The van der Waals surface area contributed by atoms with Crippen LogP contribution in [0.15, 0.2) is 18.2 Å². The molecule has 0 saturated carbocycles. The van der Waals surface area contributed by atoms with Crippen molar-refractivity contribution >= 4 is 12.0 Å². The maximum Gasteiger partial charge on any atom is 0.244 e. The Bertz CT molecular complexity index is 459. The Morgan fingerprint density at radius 3 is 2.25 bits per heavy atom. The molecule has 0 radical (unpaired) electrons. The highest BCUT2D eigenvalue weighted by molar-refractivity contribution is 5.91. The number of amides is 1. The normalized spacial score (nSPS) is 10.4. The first-order chi connectivity index (χ1) is 9.65. The molecule has 0 atom stereocenters. The number of hydrogen-bond acceptors (Lipinski definition) is 5. The molecular formula is C14H19NO5. The molecule has 0 bridgehead atoms. The van der Waals surface area contributed by atoms with E-state index < -0.39 is 0 Å². The van der Waals surface area contributed by atoms with E-state index in [0.717, 1.165) is 5.56 Å². The van der Waals surface area contributed by atoms with Gasteiger partial charge in [0.2, 0.25) is 11.7 Å². The number of hydrogen-bond donors (Lipinski definition) is 2. The van der Waals surface area contributed by atoms with Crippen LogP contribution in [0.2, 0.25) is 0 Å². The second kappa shape index (κ2) is 8.06. The van der Waals surface area contributed by atoms with Crippen molar-refractivity contribution in [1.82, 2.24) is 5.32 Å². The predicted molar refractivity (Wildman–Crippen MR) is 75.2 cm³/mol. The van der Waals surface area contributed by atoms with Crippen LogP contribution in [0.25, 0.3) is 6.08 Å². The van der Waals surface area contributed by atoms with Gasteiger partial charge in [-0.3, -0.25) is 4.79 Å². The average molecular weight is 281 g/mol. The second-order valence-electron chi connectivity index (χ2n) is 3.81. The molecule has 0 heterocycles. The highest BCUT2D eigenvalue weighted by Gasteiger charge is 2.12. The van der Waals surface area contributed by atoms with E-state index in [-0.39, 0.29) is 19.1 Å². The van der Waals surface area contributed by atoms with E-state index in [4.69, 9.17) is 19.3 Å². The Morgan fingerprint density at radius 2 is 1.80 bits per heavy atom. The van der Waals surface area contributed by atoms with Gasteiger partial charge < -0.3 is 24.6 Å². The number of benzene rings is 1. The number of rotatable bonds is 7. The summed E-state index contributed by atoms with van der Waals surface area (Å²) < 4.78 is 15.6. The third-order valence-corrected chi connectivity index (χ3v) is 2.53. The lowest BCUT2D eigenvalue weighted by molar-refractivity contribution is -0.116. The van der Waals surface area contributed by atoms with Gasteiger partial charge in [0.15, 0.2) is 11.5 Å². The van der Waals surface area contributed by atoms with Crippen LogP contribution in [0.5, 0.6) is 17.2 Å². The fourth-order valence-electron chi connectivity index (χ4n) is 1.61. The lowest BCUT2D eigenvalue weighted by Gasteiger charge is -2.12. The Morgan fingerprint density at radius 1 is 1.20 bits per heavy atom. The van der Waals surface area contributed by atoms with Gasteiger partial charge in [0, 0.05) is 12.6 Å². The van der Waals surface area contributed by atoms with Gasteiger partial charge in [-0.05, 0) is 23.8 Å². The van der Waals surface area contributed by atoms with Crippen LogP contribution in [-0.2, 0) is 4.79 Å². The molecule has 0 unspecified atom stereocenters. The van der Waals surface area contributed by atoms with Crippen LogP contribution in [0.3, 0.4) is 0 Å². The number of ether oxygens (including phenoxy) is 3.